The van der Waals surface area contributed by atoms with E-state index >= 15 is 0 Å². The topological polar surface area (TPSA) is 48.7 Å². The Hall–Kier alpha value is -1.33. The van der Waals surface area contributed by atoms with Crippen LogP contribution >= 0.6 is 0 Å². The second-order valence-electron chi connectivity index (χ2n) is 8.73. The number of nitrogens with one attached hydrogen (secondary N) is 1. The number of rotatable bonds is 6. The van der Waals surface area contributed by atoms with Crippen molar-refractivity contribution < 1.29 is 9.21 Å². The minimum absolute atomic E-state index is 0.0573. The van der Waals surface area contributed by atoms with E-state index in [0.717, 1.165) is 38.0 Å². The standard InChI is InChI=1S/C22H35N3O2/c26-22(21-9-8-20(27-21)17-24-12-4-1-5-13-24)23-16-18-10-14-25(15-11-18)19-6-2-3-7-19/h8-9,18-19H,1-7,10-17H2,(H,23,26). The normalized spacial score (nSPS) is 23.7. The molecule has 0 atom stereocenters. The van der Waals surface area contributed by atoms with Gasteiger partial charge in [-0.05, 0) is 82.8 Å². The van der Waals surface area contributed by atoms with Crippen molar-refractivity contribution in [3.8, 4) is 0 Å². The smallest absolute Gasteiger partial charge is 0.287 e. The molecule has 27 heavy (non-hydrogen) atoms. The van der Waals surface area contributed by atoms with Gasteiger partial charge in [0, 0.05) is 12.6 Å². The Kier molecular flexibility index (Phi) is 6.51. The van der Waals surface area contributed by atoms with Crippen molar-refractivity contribution in [1.82, 2.24) is 15.1 Å². The molecular formula is C22H35N3O2. The summed E-state index contributed by atoms with van der Waals surface area (Å²) < 4.78 is 5.81. The number of hydrogen-bond donors (Lipinski definition) is 1. The van der Waals surface area contributed by atoms with Crippen LogP contribution in [0.4, 0.5) is 0 Å². The summed E-state index contributed by atoms with van der Waals surface area (Å²) in [6.07, 6.45) is 11.9. The third kappa shape index (κ3) is 5.14. The van der Waals surface area contributed by atoms with Gasteiger partial charge in [-0.25, -0.2) is 0 Å². The fraction of sp³-hybridized carbons (Fsp3) is 0.773. The van der Waals surface area contributed by atoms with E-state index in [1.165, 1.54) is 70.9 Å². The lowest BCUT2D eigenvalue weighted by atomic mass is 9.95. The van der Waals surface area contributed by atoms with E-state index in [4.69, 9.17) is 4.42 Å². The molecule has 0 unspecified atom stereocenters. The zero-order valence-corrected chi connectivity index (χ0v) is 16.6. The molecule has 150 valence electrons. The fourth-order valence-electron chi connectivity index (χ4n) is 5.04. The van der Waals surface area contributed by atoms with Crippen LogP contribution in [0.15, 0.2) is 16.5 Å². The molecule has 3 heterocycles. The van der Waals surface area contributed by atoms with E-state index in [-0.39, 0.29) is 5.91 Å². The first-order valence-corrected chi connectivity index (χ1v) is 11.1. The summed E-state index contributed by atoms with van der Waals surface area (Å²) in [5.41, 5.74) is 0. The Labute approximate surface area is 163 Å². The van der Waals surface area contributed by atoms with Crippen molar-refractivity contribution in [1.29, 1.82) is 0 Å². The average molecular weight is 374 g/mol. The molecule has 0 bridgehead atoms. The van der Waals surface area contributed by atoms with E-state index in [1.54, 1.807) is 0 Å². The molecule has 4 rings (SSSR count). The first kappa shape index (κ1) is 19.0. The summed E-state index contributed by atoms with van der Waals surface area (Å²) >= 11 is 0. The number of nitrogens with zero attached hydrogens (tertiary/aromatic N) is 2. The summed E-state index contributed by atoms with van der Waals surface area (Å²) in [5.74, 6) is 1.92. The molecule has 3 aliphatic rings. The molecule has 1 aromatic rings. The Morgan fingerprint density at radius 2 is 1.70 bits per heavy atom. The van der Waals surface area contributed by atoms with Gasteiger partial charge in [-0.15, -0.1) is 0 Å². The molecule has 3 fully saturated rings. The largest absolute Gasteiger partial charge is 0.455 e. The fourth-order valence-corrected chi connectivity index (χ4v) is 5.04. The van der Waals surface area contributed by atoms with Gasteiger partial charge in [0.1, 0.15) is 5.76 Å². The lowest BCUT2D eigenvalue weighted by Crippen LogP contribution is -2.42. The van der Waals surface area contributed by atoms with Crippen LogP contribution in [-0.2, 0) is 6.54 Å². The molecule has 0 radical (unpaired) electrons. The number of likely N-dealkylation sites (tertiary alicyclic amines) is 2. The van der Waals surface area contributed by atoms with E-state index in [1.807, 2.05) is 12.1 Å². The minimum atomic E-state index is -0.0573. The van der Waals surface area contributed by atoms with E-state index < -0.39 is 0 Å². The van der Waals surface area contributed by atoms with Crippen LogP contribution in [-0.4, -0.2) is 54.5 Å². The summed E-state index contributed by atoms with van der Waals surface area (Å²) in [6, 6.07) is 4.63. The average Bonchev–Trinajstić information content (AvgIpc) is 3.40. The molecule has 2 saturated heterocycles. The van der Waals surface area contributed by atoms with Crippen LogP contribution in [0, 0.1) is 5.92 Å². The summed E-state index contributed by atoms with van der Waals surface area (Å²) in [6.45, 7) is 6.29. The first-order chi connectivity index (χ1) is 13.3. The summed E-state index contributed by atoms with van der Waals surface area (Å²) in [7, 11) is 0. The quantitative estimate of drug-likeness (QED) is 0.827. The van der Waals surface area contributed by atoms with Gasteiger partial charge in [-0.1, -0.05) is 19.3 Å². The summed E-state index contributed by atoms with van der Waals surface area (Å²) in [4.78, 5) is 17.5. The first-order valence-electron chi connectivity index (χ1n) is 11.1. The molecule has 0 aromatic carbocycles. The molecule has 1 N–H and O–H groups in total. The lowest BCUT2D eigenvalue weighted by molar-refractivity contribution is 0.0893. The maximum absolute atomic E-state index is 12.4. The van der Waals surface area contributed by atoms with Gasteiger partial charge in [0.2, 0.25) is 0 Å². The van der Waals surface area contributed by atoms with Crippen molar-refractivity contribution >= 4 is 5.91 Å². The SMILES string of the molecule is O=C(NCC1CCN(C2CCCC2)CC1)c1ccc(CN2CCCCC2)o1. The highest BCUT2D eigenvalue weighted by Gasteiger charge is 2.27. The van der Waals surface area contributed by atoms with Gasteiger partial charge in [0.15, 0.2) is 5.76 Å². The van der Waals surface area contributed by atoms with Crippen molar-refractivity contribution in [2.45, 2.75) is 70.4 Å². The van der Waals surface area contributed by atoms with Gasteiger partial charge >= 0.3 is 0 Å². The van der Waals surface area contributed by atoms with E-state index in [2.05, 4.69) is 15.1 Å². The van der Waals surface area contributed by atoms with Crippen molar-refractivity contribution in [3.05, 3.63) is 23.7 Å². The van der Waals surface area contributed by atoms with Crippen LogP contribution in [0.5, 0.6) is 0 Å². The van der Waals surface area contributed by atoms with Crippen LogP contribution in [0.2, 0.25) is 0 Å². The molecular weight excluding hydrogens is 338 g/mol. The molecule has 1 aliphatic carbocycles. The maximum atomic E-state index is 12.4. The molecule has 5 nitrogen and oxygen atoms in total. The predicted molar refractivity (Wildman–Crippen MR) is 107 cm³/mol. The number of furan rings is 1. The van der Waals surface area contributed by atoms with Crippen LogP contribution < -0.4 is 5.32 Å². The zero-order chi connectivity index (χ0) is 18.5. The number of hydrogen-bond acceptors (Lipinski definition) is 4. The highest BCUT2D eigenvalue weighted by Crippen LogP contribution is 2.27. The molecule has 2 aliphatic heterocycles. The maximum Gasteiger partial charge on any atom is 0.287 e. The monoisotopic (exact) mass is 373 g/mol. The van der Waals surface area contributed by atoms with Gasteiger partial charge < -0.3 is 14.6 Å². The Morgan fingerprint density at radius 1 is 0.963 bits per heavy atom. The number of carbonyl (C=O) groups is 1. The molecule has 1 aromatic heterocycles. The Balaban J connectivity index is 1.18. The zero-order valence-electron chi connectivity index (χ0n) is 16.6. The van der Waals surface area contributed by atoms with Gasteiger partial charge in [-0.3, -0.25) is 9.69 Å². The summed E-state index contributed by atoms with van der Waals surface area (Å²) in [5, 5.41) is 3.11. The molecule has 1 saturated carbocycles. The number of carbonyl (C=O) groups excluding carboxylic acids is 1. The highest BCUT2D eigenvalue weighted by molar-refractivity contribution is 5.91. The highest BCUT2D eigenvalue weighted by atomic mass is 16.4. The number of piperidine rings is 2. The molecule has 1 amide bonds. The van der Waals surface area contributed by atoms with Crippen LogP contribution in [0.25, 0.3) is 0 Å². The Bertz CT molecular complexity index is 594. The van der Waals surface area contributed by atoms with Gasteiger partial charge in [-0.2, -0.15) is 0 Å². The Morgan fingerprint density at radius 3 is 2.44 bits per heavy atom. The molecule has 0 spiro atoms. The lowest BCUT2D eigenvalue weighted by Gasteiger charge is -2.36. The molecule has 5 heteroatoms. The van der Waals surface area contributed by atoms with Crippen LogP contribution in [0.1, 0.15) is 74.1 Å². The second kappa shape index (κ2) is 9.24. The van der Waals surface area contributed by atoms with E-state index in [9.17, 15) is 4.79 Å². The third-order valence-electron chi connectivity index (χ3n) is 6.76. The predicted octanol–water partition coefficient (Wildman–Crippen LogP) is 3.65. The van der Waals surface area contributed by atoms with Gasteiger partial charge in [0.25, 0.3) is 5.91 Å². The minimum Gasteiger partial charge on any atom is -0.455 e. The van der Waals surface area contributed by atoms with Crippen molar-refractivity contribution in [3.63, 3.8) is 0 Å². The second-order valence-corrected chi connectivity index (χ2v) is 8.73. The van der Waals surface area contributed by atoms with Crippen molar-refractivity contribution in [2.75, 3.05) is 32.7 Å². The van der Waals surface area contributed by atoms with Crippen LogP contribution in [0.3, 0.4) is 0 Å². The van der Waals surface area contributed by atoms with Crippen molar-refractivity contribution in [2.24, 2.45) is 5.92 Å². The van der Waals surface area contributed by atoms with Gasteiger partial charge in [0.05, 0.1) is 6.54 Å². The van der Waals surface area contributed by atoms with E-state index in [0.29, 0.717) is 11.7 Å². The number of amides is 1. The third-order valence-corrected chi connectivity index (χ3v) is 6.76.